The number of hydrogen-bond acceptors (Lipinski definition) is 5. The molecule has 0 rings (SSSR count). The van der Waals surface area contributed by atoms with E-state index in [0.717, 1.165) is 6.42 Å². The second kappa shape index (κ2) is 9.68. The fraction of sp³-hybridized carbons (Fsp3) is 0.786. The van der Waals surface area contributed by atoms with Crippen LogP contribution in [0.15, 0.2) is 0 Å². The lowest BCUT2D eigenvalue weighted by Crippen LogP contribution is -2.57. The number of hydrogen-bond donors (Lipinski definition) is 5. The molecule has 22 heavy (non-hydrogen) atoms. The van der Waals surface area contributed by atoms with Gasteiger partial charge in [-0.2, -0.15) is 12.6 Å². The topological polar surface area (TPSA) is 122 Å². The van der Waals surface area contributed by atoms with Crippen LogP contribution in [-0.2, 0) is 14.4 Å². The van der Waals surface area contributed by atoms with Crippen molar-refractivity contribution in [3.63, 3.8) is 0 Å². The van der Waals surface area contributed by atoms with Crippen LogP contribution in [-0.4, -0.2) is 46.8 Å². The van der Waals surface area contributed by atoms with Crippen LogP contribution < -0.4 is 16.4 Å². The van der Waals surface area contributed by atoms with Crippen molar-refractivity contribution < 1.29 is 19.5 Å². The molecule has 128 valence electrons. The van der Waals surface area contributed by atoms with Gasteiger partial charge in [-0.25, -0.2) is 4.79 Å². The quantitative estimate of drug-likeness (QED) is 0.380. The average Bonchev–Trinajstić information content (AvgIpc) is 2.47. The van der Waals surface area contributed by atoms with E-state index in [0.29, 0.717) is 0 Å². The van der Waals surface area contributed by atoms with Crippen molar-refractivity contribution in [1.29, 1.82) is 0 Å². The molecule has 2 amide bonds. The summed E-state index contributed by atoms with van der Waals surface area (Å²) in [6.45, 7) is 7.30. The number of nitrogens with two attached hydrogens (primary N) is 1. The summed E-state index contributed by atoms with van der Waals surface area (Å²) in [4.78, 5) is 35.2. The Kier molecular flexibility index (Phi) is 9.12. The third-order valence-electron chi connectivity index (χ3n) is 3.60. The zero-order valence-electron chi connectivity index (χ0n) is 13.5. The van der Waals surface area contributed by atoms with Gasteiger partial charge in [0.05, 0.1) is 6.04 Å². The third kappa shape index (κ3) is 6.23. The summed E-state index contributed by atoms with van der Waals surface area (Å²) in [5.41, 5.74) is 5.85. The Morgan fingerprint density at radius 2 is 1.68 bits per heavy atom. The second-order valence-corrected chi connectivity index (χ2v) is 6.09. The third-order valence-corrected chi connectivity index (χ3v) is 3.97. The highest BCUT2D eigenvalue weighted by molar-refractivity contribution is 7.80. The lowest BCUT2D eigenvalue weighted by atomic mass is 9.97. The summed E-state index contributed by atoms with van der Waals surface area (Å²) in [7, 11) is 0. The standard InChI is InChI=1S/C14H27N3O4S/c1-5-8(4)10(15)12(18)17-11(7(2)3)13(19)16-9(6-22)14(20)21/h7-11,22H,5-6,15H2,1-4H3,(H,16,19)(H,17,18)(H,20,21). The monoisotopic (exact) mass is 333 g/mol. The van der Waals surface area contributed by atoms with E-state index >= 15 is 0 Å². The van der Waals surface area contributed by atoms with Crippen molar-refractivity contribution in [2.45, 2.75) is 52.2 Å². The van der Waals surface area contributed by atoms with Gasteiger partial charge in [-0.05, 0) is 11.8 Å². The van der Waals surface area contributed by atoms with E-state index in [1.807, 2.05) is 13.8 Å². The van der Waals surface area contributed by atoms with Crippen LogP contribution in [0.1, 0.15) is 34.1 Å². The van der Waals surface area contributed by atoms with Crippen molar-refractivity contribution >= 4 is 30.4 Å². The fourth-order valence-electron chi connectivity index (χ4n) is 1.74. The zero-order chi connectivity index (χ0) is 17.4. The lowest BCUT2D eigenvalue weighted by Gasteiger charge is -2.26. The first-order chi connectivity index (χ1) is 10.1. The van der Waals surface area contributed by atoms with Gasteiger partial charge < -0.3 is 21.5 Å². The Bertz CT molecular complexity index is 404. The molecule has 0 saturated carbocycles. The minimum Gasteiger partial charge on any atom is -0.480 e. The first kappa shape index (κ1) is 20.7. The largest absolute Gasteiger partial charge is 0.480 e. The maximum Gasteiger partial charge on any atom is 0.327 e. The minimum atomic E-state index is -1.17. The lowest BCUT2D eigenvalue weighted by molar-refractivity contribution is -0.141. The number of carbonyl (C=O) groups excluding carboxylic acids is 2. The van der Waals surface area contributed by atoms with Crippen LogP contribution in [0.25, 0.3) is 0 Å². The Morgan fingerprint density at radius 3 is 2.05 bits per heavy atom. The molecule has 4 unspecified atom stereocenters. The molecule has 0 spiro atoms. The number of carbonyl (C=O) groups is 3. The Morgan fingerprint density at radius 1 is 1.14 bits per heavy atom. The maximum absolute atomic E-state index is 12.2. The van der Waals surface area contributed by atoms with Crippen molar-refractivity contribution in [3.05, 3.63) is 0 Å². The Hall–Kier alpha value is -1.28. The van der Waals surface area contributed by atoms with Gasteiger partial charge in [0.1, 0.15) is 12.1 Å². The Balaban J connectivity index is 4.89. The average molecular weight is 333 g/mol. The molecule has 0 aliphatic rings. The van der Waals surface area contributed by atoms with Gasteiger partial charge >= 0.3 is 5.97 Å². The second-order valence-electron chi connectivity index (χ2n) is 5.72. The van der Waals surface area contributed by atoms with Crippen LogP contribution >= 0.6 is 12.6 Å². The molecule has 7 nitrogen and oxygen atoms in total. The zero-order valence-corrected chi connectivity index (χ0v) is 14.4. The van der Waals surface area contributed by atoms with Gasteiger partial charge in [-0.3, -0.25) is 9.59 Å². The van der Waals surface area contributed by atoms with Crippen molar-refractivity contribution in [3.8, 4) is 0 Å². The summed E-state index contributed by atoms with van der Waals surface area (Å²) in [5.74, 6) is -2.40. The predicted molar refractivity (Wildman–Crippen MR) is 87.6 cm³/mol. The Labute approximate surface area is 136 Å². The van der Waals surface area contributed by atoms with Crippen molar-refractivity contribution in [2.75, 3.05) is 5.75 Å². The molecule has 0 saturated heterocycles. The van der Waals surface area contributed by atoms with Crippen LogP contribution in [0.2, 0.25) is 0 Å². The van der Waals surface area contributed by atoms with Gasteiger partial charge in [0.15, 0.2) is 0 Å². The molecule has 0 aromatic rings. The van der Waals surface area contributed by atoms with Gasteiger partial charge in [0.2, 0.25) is 11.8 Å². The van der Waals surface area contributed by atoms with Crippen LogP contribution in [0.5, 0.6) is 0 Å². The summed E-state index contributed by atoms with van der Waals surface area (Å²) in [5, 5.41) is 13.9. The van der Waals surface area contributed by atoms with Crippen LogP contribution in [0, 0.1) is 11.8 Å². The summed E-state index contributed by atoms with van der Waals surface area (Å²) < 4.78 is 0. The number of aliphatic carboxylic acids is 1. The van der Waals surface area contributed by atoms with Crippen molar-refractivity contribution in [1.82, 2.24) is 10.6 Å². The number of carboxylic acid groups (broad SMARTS) is 1. The molecule has 0 aliphatic carbocycles. The number of carboxylic acids is 1. The highest BCUT2D eigenvalue weighted by Gasteiger charge is 2.30. The first-order valence-corrected chi connectivity index (χ1v) is 7.98. The first-order valence-electron chi connectivity index (χ1n) is 7.35. The fourth-order valence-corrected chi connectivity index (χ4v) is 1.99. The molecular formula is C14H27N3O4S. The van der Waals surface area contributed by atoms with E-state index < -0.39 is 35.9 Å². The molecule has 0 aromatic carbocycles. The number of rotatable bonds is 9. The number of nitrogens with one attached hydrogen (secondary N) is 2. The van der Waals surface area contributed by atoms with Gasteiger partial charge in [0, 0.05) is 5.75 Å². The van der Waals surface area contributed by atoms with Gasteiger partial charge in [0.25, 0.3) is 0 Å². The summed E-state index contributed by atoms with van der Waals surface area (Å²) >= 11 is 3.89. The smallest absolute Gasteiger partial charge is 0.327 e. The number of amides is 2. The molecule has 0 heterocycles. The normalized spacial score (nSPS) is 16.5. The van der Waals surface area contributed by atoms with Gasteiger partial charge in [-0.1, -0.05) is 34.1 Å². The van der Waals surface area contributed by atoms with E-state index in [1.165, 1.54) is 0 Å². The molecular weight excluding hydrogens is 306 g/mol. The van der Waals surface area contributed by atoms with E-state index in [1.54, 1.807) is 13.8 Å². The maximum atomic E-state index is 12.2. The molecule has 5 N–H and O–H groups in total. The highest BCUT2D eigenvalue weighted by atomic mass is 32.1. The SMILES string of the molecule is CCC(C)C(N)C(=O)NC(C(=O)NC(CS)C(=O)O)C(C)C. The molecule has 0 aliphatic heterocycles. The molecule has 4 atom stereocenters. The highest BCUT2D eigenvalue weighted by Crippen LogP contribution is 2.08. The van der Waals surface area contributed by atoms with E-state index in [-0.39, 0.29) is 17.6 Å². The van der Waals surface area contributed by atoms with E-state index in [4.69, 9.17) is 10.8 Å². The predicted octanol–water partition coefficient (Wildman–Crippen LogP) is -0.000200. The van der Waals surface area contributed by atoms with Crippen molar-refractivity contribution in [2.24, 2.45) is 17.6 Å². The summed E-state index contributed by atoms with van der Waals surface area (Å²) in [6.07, 6.45) is 0.744. The number of thiol groups is 1. The molecule has 0 bridgehead atoms. The molecule has 0 radical (unpaired) electrons. The van der Waals surface area contributed by atoms with E-state index in [9.17, 15) is 14.4 Å². The molecule has 8 heteroatoms. The summed E-state index contributed by atoms with van der Waals surface area (Å²) in [6, 6.07) is -2.65. The van der Waals surface area contributed by atoms with Crippen LogP contribution in [0.4, 0.5) is 0 Å². The van der Waals surface area contributed by atoms with Crippen LogP contribution in [0.3, 0.4) is 0 Å². The van der Waals surface area contributed by atoms with E-state index in [2.05, 4.69) is 23.3 Å². The van der Waals surface area contributed by atoms with Gasteiger partial charge in [-0.15, -0.1) is 0 Å². The molecule has 0 aromatic heterocycles. The molecule has 0 fully saturated rings. The minimum absolute atomic E-state index is 0.0138.